The number of imidazole rings is 1. The number of nitrogen functional groups attached to an aromatic ring is 1. The van der Waals surface area contributed by atoms with Crippen molar-refractivity contribution in [3.05, 3.63) is 24.0 Å². The smallest absolute Gasteiger partial charge is 0.113 e. The zero-order valence-corrected chi connectivity index (χ0v) is 10.9. The molecule has 19 heavy (non-hydrogen) atoms. The van der Waals surface area contributed by atoms with Crippen LogP contribution in [-0.2, 0) is 11.3 Å². The number of anilines is 1. The lowest BCUT2D eigenvalue weighted by molar-refractivity contribution is 0.0871. The van der Waals surface area contributed by atoms with Crippen LogP contribution in [0.15, 0.2) is 18.2 Å². The quantitative estimate of drug-likeness (QED) is 0.610. The minimum atomic E-state index is 0.0662. The number of rotatable bonds is 6. The third kappa shape index (κ3) is 2.57. The van der Waals surface area contributed by atoms with Crippen LogP contribution in [0.2, 0.25) is 0 Å². The van der Waals surface area contributed by atoms with Gasteiger partial charge in [-0.3, -0.25) is 0 Å². The predicted molar refractivity (Wildman–Crippen MR) is 74.0 cm³/mol. The summed E-state index contributed by atoms with van der Waals surface area (Å²) in [7, 11) is 0. The summed E-state index contributed by atoms with van der Waals surface area (Å²) < 4.78 is 7.59. The largest absolute Gasteiger partial charge is 0.399 e. The molecule has 102 valence electrons. The van der Waals surface area contributed by atoms with E-state index in [0.717, 1.165) is 29.1 Å². The number of aliphatic hydroxyl groups is 1. The van der Waals surface area contributed by atoms with E-state index in [4.69, 9.17) is 20.6 Å². The average molecular weight is 261 g/mol. The molecule has 0 amide bonds. The Labute approximate surface area is 112 Å². The molecule has 3 N–H and O–H groups in total. The molecule has 0 radical (unpaired) electrons. The highest BCUT2D eigenvalue weighted by molar-refractivity contribution is 5.79. The summed E-state index contributed by atoms with van der Waals surface area (Å²) in [5.41, 5.74) is 8.64. The predicted octanol–water partition coefficient (Wildman–Crippen LogP) is 1.50. The van der Waals surface area contributed by atoms with Gasteiger partial charge in [-0.25, -0.2) is 4.98 Å². The SMILES string of the molecule is Nc1ccc2c(c1)nc(C1CC1)n2CCOCCO. The maximum atomic E-state index is 8.72. The van der Waals surface area contributed by atoms with Gasteiger partial charge < -0.3 is 20.1 Å². The summed E-state index contributed by atoms with van der Waals surface area (Å²) in [5, 5.41) is 8.72. The minimum absolute atomic E-state index is 0.0662. The van der Waals surface area contributed by atoms with Crippen molar-refractivity contribution < 1.29 is 9.84 Å². The molecule has 1 aromatic heterocycles. The van der Waals surface area contributed by atoms with Crippen LogP contribution in [0.1, 0.15) is 24.6 Å². The molecule has 1 heterocycles. The number of fused-ring (bicyclic) bond motifs is 1. The van der Waals surface area contributed by atoms with E-state index in [1.54, 1.807) is 0 Å². The Morgan fingerprint density at radius 3 is 2.95 bits per heavy atom. The van der Waals surface area contributed by atoms with Gasteiger partial charge in [-0.2, -0.15) is 0 Å². The molecule has 1 fully saturated rings. The van der Waals surface area contributed by atoms with Gasteiger partial charge in [-0.1, -0.05) is 0 Å². The van der Waals surface area contributed by atoms with Crippen molar-refractivity contribution in [1.29, 1.82) is 0 Å². The number of benzene rings is 1. The monoisotopic (exact) mass is 261 g/mol. The first-order valence-electron chi connectivity index (χ1n) is 6.74. The van der Waals surface area contributed by atoms with Crippen molar-refractivity contribution in [2.75, 3.05) is 25.6 Å². The molecule has 1 aliphatic carbocycles. The Morgan fingerprint density at radius 2 is 2.21 bits per heavy atom. The second-order valence-corrected chi connectivity index (χ2v) is 4.98. The minimum Gasteiger partial charge on any atom is -0.399 e. The molecule has 5 nitrogen and oxygen atoms in total. The molecule has 0 saturated heterocycles. The van der Waals surface area contributed by atoms with Gasteiger partial charge in [0.05, 0.1) is 30.9 Å². The van der Waals surface area contributed by atoms with E-state index in [-0.39, 0.29) is 6.61 Å². The number of aromatic nitrogens is 2. The van der Waals surface area contributed by atoms with Crippen LogP contribution in [0.3, 0.4) is 0 Å². The van der Waals surface area contributed by atoms with Gasteiger partial charge >= 0.3 is 0 Å². The highest BCUT2D eigenvalue weighted by atomic mass is 16.5. The van der Waals surface area contributed by atoms with Crippen molar-refractivity contribution in [2.45, 2.75) is 25.3 Å². The number of nitrogens with two attached hydrogens (primary N) is 1. The van der Waals surface area contributed by atoms with Gasteiger partial charge in [-0.05, 0) is 31.0 Å². The zero-order chi connectivity index (χ0) is 13.2. The standard InChI is InChI=1S/C14H19N3O2/c15-11-3-4-13-12(9-11)16-14(10-1-2-10)17(13)5-7-19-8-6-18/h3-4,9-10,18H,1-2,5-8,15H2. The van der Waals surface area contributed by atoms with E-state index in [1.165, 1.54) is 12.8 Å². The van der Waals surface area contributed by atoms with E-state index < -0.39 is 0 Å². The van der Waals surface area contributed by atoms with Gasteiger partial charge in [0.1, 0.15) is 5.82 Å². The van der Waals surface area contributed by atoms with E-state index in [1.807, 2.05) is 18.2 Å². The van der Waals surface area contributed by atoms with Gasteiger partial charge in [-0.15, -0.1) is 0 Å². The van der Waals surface area contributed by atoms with Crippen molar-refractivity contribution in [2.24, 2.45) is 0 Å². The second-order valence-electron chi connectivity index (χ2n) is 4.98. The molecule has 0 bridgehead atoms. The Kier molecular flexibility index (Phi) is 3.40. The van der Waals surface area contributed by atoms with Crippen LogP contribution in [-0.4, -0.2) is 34.5 Å². The van der Waals surface area contributed by atoms with Gasteiger partial charge in [0, 0.05) is 18.2 Å². The first kappa shape index (κ1) is 12.4. The second kappa shape index (κ2) is 5.19. The van der Waals surface area contributed by atoms with Crippen molar-refractivity contribution >= 4 is 16.7 Å². The van der Waals surface area contributed by atoms with E-state index >= 15 is 0 Å². The third-order valence-corrected chi connectivity index (χ3v) is 3.44. The Bertz CT molecular complexity index is 575. The van der Waals surface area contributed by atoms with Crippen molar-refractivity contribution in [3.8, 4) is 0 Å². The lowest BCUT2D eigenvalue weighted by Gasteiger charge is -2.09. The normalized spacial score (nSPS) is 15.2. The Balaban J connectivity index is 1.88. The lowest BCUT2D eigenvalue weighted by atomic mass is 10.3. The summed E-state index contributed by atoms with van der Waals surface area (Å²) in [6.45, 7) is 1.82. The fourth-order valence-corrected chi connectivity index (χ4v) is 2.38. The van der Waals surface area contributed by atoms with Crippen LogP contribution in [0, 0.1) is 0 Å². The zero-order valence-electron chi connectivity index (χ0n) is 10.9. The summed E-state index contributed by atoms with van der Waals surface area (Å²) in [6, 6.07) is 5.85. The number of ether oxygens (including phenoxy) is 1. The van der Waals surface area contributed by atoms with E-state index in [9.17, 15) is 0 Å². The number of nitrogens with zero attached hydrogens (tertiary/aromatic N) is 2. The van der Waals surface area contributed by atoms with E-state index in [0.29, 0.717) is 19.1 Å². The number of hydrogen-bond acceptors (Lipinski definition) is 4. The molecule has 1 saturated carbocycles. The number of aliphatic hydroxyl groups excluding tert-OH is 1. The van der Waals surface area contributed by atoms with E-state index in [2.05, 4.69) is 4.57 Å². The highest BCUT2D eigenvalue weighted by Gasteiger charge is 2.29. The lowest BCUT2D eigenvalue weighted by Crippen LogP contribution is -2.10. The molecular formula is C14H19N3O2. The molecule has 3 rings (SSSR count). The molecule has 0 atom stereocenters. The first-order chi connectivity index (χ1) is 9.29. The molecule has 5 heteroatoms. The fraction of sp³-hybridized carbons (Fsp3) is 0.500. The maximum Gasteiger partial charge on any atom is 0.113 e. The summed E-state index contributed by atoms with van der Waals surface area (Å²) in [4.78, 5) is 4.71. The molecule has 1 aromatic carbocycles. The third-order valence-electron chi connectivity index (χ3n) is 3.44. The van der Waals surface area contributed by atoms with Crippen molar-refractivity contribution in [3.63, 3.8) is 0 Å². The Morgan fingerprint density at radius 1 is 1.37 bits per heavy atom. The topological polar surface area (TPSA) is 73.3 Å². The molecule has 0 spiro atoms. The fourth-order valence-electron chi connectivity index (χ4n) is 2.38. The summed E-state index contributed by atoms with van der Waals surface area (Å²) in [6.07, 6.45) is 2.44. The van der Waals surface area contributed by atoms with Crippen molar-refractivity contribution in [1.82, 2.24) is 9.55 Å². The molecule has 1 aliphatic rings. The summed E-state index contributed by atoms with van der Waals surface area (Å²) in [5.74, 6) is 1.74. The van der Waals surface area contributed by atoms with Crippen LogP contribution >= 0.6 is 0 Å². The molecule has 0 unspecified atom stereocenters. The number of hydrogen-bond donors (Lipinski definition) is 2. The van der Waals surface area contributed by atoms with Gasteiger partial charge in [0.15, 0.2) is 0 Å². The van der Waals surface area contributed by atoms with Crippen LogP contribution in [0.4, 0.5) is 5.69 Å². The maximum absolute atomic E-state index is 8.72. The first-order valence-corrected chi connectivity index (χ1v) is 6.74. The molecule has 0 aliphatic heterocycles. The molecular weight excluding hydrogens is 242 g/mol. The van der Waals surface area contributed by atoms with Crippen LogP contribution in [0.25, 0.3) is 11.0 Å². The highest BCUT2D eigenvalue weighted by Crippen LogP contribution is 2.40. The van der Waals surface area contributed by atoms with Crippen LogP contribution < -0.4 is 5.73 Å². The molecule has 2 aromatic rings. The van der Waals surface area contributed by atoms with Crippen LogP contribution in [0.5, 0.6) is 0 Å². The average Bonchev–Trinajstić information content (AvgIpc) is 3.18. The summed E-state index contributed by atoms with van der Waals surface area (Å²) >= 11 is 0. The van der Waals surface area contributed by atoms with Gasteiger partial charge in [0.25, 0.3) is 0 Å². The Hall–Kier alpha value is -1.59. The van der Waals surface area contributed by atoms with Gasteiger partial charge in [0.2, 0.25) is 0 Å².